The second-order valence-corrected chi connectivity index (χ2v) is 4.34. The first-order valence-corrected chi connectivity index (χ1v) is 6.15. The number of rotatable bonds is 4. The fourth-order valence-corrected chi connectivity index (χ4v) is 2.01. The molecule has 0 heterocycles. The molecule has 112 valence electrons. The predicted octanol–water partition coefficient (Wildman–Crippen LogP) is 3.64. The molecule has 21 heavy (non-hydrogen) atoms. The summed E-state index contributed by atoms with van der Waals surface area (Å²) in [6.45, 7) is 0. The number of nitrogens with two attached hydrogens (primary N) is 1. The van der Waals surface area contributed by atoms with Crippen LogP contribution in [0.3, 0.4) is 0 Å². The Hall–Kier alpha value is -2.21. The minimum absolute atomic E-state index is 0.301. The summed E-state index contributed by atoms with van der Waals surface area (Å²) < 4.78 is 45.8. The molecule has 0 fully saturated rings. The van der Waals surface area contributed by atoms with Crippen molar-refractivity contribution in [3.05, 3.63) is 59.7 Å². The van der Waals surface area contributed by atoms with Gasteiger partial charge in [0.25, 0.3) is 0 Å². The summed E-state index contributed by atoms with van der Waals surface area (Å²) in [5.74, 6) is 0.275. The van der Waals surface area contributed by atoms with Gasteiger partial charge in [-0.25, -0.2) is 0 Å². The number of benzene rings is 2. The minimum atomic E-state index is -4.73. The Morgan fingerprint density at radius 2 is 1.76 bits per heavy atom. The zero-order valence-electron chi connectivity index (χ0n) is 11.2. The highest BCUT2D eigenvalue weighted by Crippen LogP contribution is 2.31. The zero-order chi connectivity index (χ0) is 15.5. The molecule has 0 aliphatic rings. The summed E-state index contributed by atoms with van der Waals surface area (Å²) >= 11 is 0. The van der Waals surface area contributed by atoms with Crippen molar-refractivity contribution in [3.8, 4) is 11.5 Å². The standard InChI is InChI=1S/C15H14F3NO2/c1-20-13-8-3-2-7-12(13)14(19)10-5-4-6-11(9-10)21-15(16,17)18/h2-9,14H,19H2,1H3. The minimum Gasteiger partial charge on any atom is -0.496 e. The van der Waals surface area contributed by atoms with E-state index in [9.17, 15) is 13.2 Å². The normalized spacial score (nSPS) is 12.8. The third-order valence-corrected chi connectivity index (χ3v) is 2.92. The van der Waals surface area contributed by atoms with Crippen molar-refractivity contribution in [2.24, 2.45) is 5.73 Å². The molecule has 0 saturated carbocycles. The third-order valence-electron chi connectivity index (χ3n) is 2.92. The van der Waals surface area contributed by atoms with Crippen LogP contribution in [0.1, 0.15) is 17.2 Å². The monoisotopic (exact) mass is 297 g/mol. The molecule has 0 bridgehead atoms. The highest BCUT2D eigenvalue weighted by atomic mass is 19.4. The summed E-state index contributed by atoms with van der Waals surface area (Å²) in [6, 6.07) is 12.1. The van der Waals surface area contributed by atoms with E-state index in [1.54, 1.807) is 30.3 Å². The van der Waals surface area contributed by atoms with E-state index in [0.29, 0.717) is 16.9 Å². The first-order chi connectivity index (χ1) is 9.90. The van der Waals surface area contributed by atoms with Gasteiger partial charge in [-0.2, -0.15) is 0 Å². The maximum atomic E-state index is 12.2. The van der Waals surface area contributed by atoms with E-state index in [2.05, 4.69) is 4.74 Å². The maximum Gasteiger partial charge on any atom is 0.573 e. The number of hydrogen-bond donors (Lipinski definition) is 1. The van der Waals surface area contributed by atoms with Crippen LogP contribution in [0.25, 0.3) is 0 Å². The molecule has 1 atom stereocenters. The first kappa shape index (κ1) is 15.2. The molecule has 0 saturated heterocycles. The largest absolute Gasteiger partial charge is 0.573 e. The molecule has 2 aromatic rings. The molecule has 3 nitrogen and oxygen atoms in total. The molecule has 0 radical (unpaired) electrons. The van der Waals surface area contributed by atoms with Crippen LogP contribution in [0.4, 0.5) is 13.2 Å². The summed E-state index contributed by atoms with van der Waals surface area (Å²) in [5, 5.41) is 0. The molecule has 2 aromatic carbocycles. The Kier molecular flexibility index (Phi) is 4.37. The lowest BCUT2D eigenvalue weighted by Crippen LogP contribution is -2.18. The predicted molar refractivity (Wildman–Crippen MR) is 72.1 cm³/mol. The molecule has 1 unspecified atom stereocenters. The molecule has 6 heteroatoms. The summed E-state index contributed by atoms with van der Waals surface area (Å²) in [5.41, 5.74) is 7.29. The van der Waals surface area contributed by atoms with E-state index in [-0.39, 0.29) is 5.75 Å². The Balaban J connectivity index is 2.31. The second kappa shape index (κ2) is 6.05. The number of alkyl halides is 3. The van der Waals surface area contributed by atoms with Gasteiger partial charge in [0.2, 0.25) is 0 Å². The second-order valence-electron chi connectivity index (χ2n) is 4.34. The Bertz CT molecular complexity index is 614. The van der Waals surface area contributed by atoms with Crippen molar-refractivity contribution < 1.29 is 22.6 Å². The van der Waals surface area contributed by atoms with E-state index in [1.165, 1.54) is 25.3 Å². The molecule has 0 amide bonds. The Labute approximate surface area is 120 Å². The van der Waals surface area contributed by atoms with Crippen LogP contribution >= 0.6 is 0 Å². The molecule has 0 aliphatic carbocycles. The average Bonchev–Trinajstić information content (AvgIpc) is 2.45. The third kappa shape index (κ3) is 3.88. The lowest BCUT2D eigenvalue weighted by atomic mass is 9.98. The number of halogens is 3. The van der Waals surface area contributed by atoms with Gasteiger partial charge in [-0.05, 0) is 23.8 Å². The van der Waals surface area contributed by atoms with Crippen molar-refractivity contribution in [2.45, 2.75) is 12.4 Å². The highest BCUT2D eigenvalue weighted by molar-refractivity contribution is 5.43. The van der Waals surface area contributed by atoms with Gasteiger partial charge in [0.05, 0.1) is 13.2 Å². The lowest BCUT2D eigenvalue weighted by molar-refractivity contribution is -0.274. The topological polar surface area (TPSA) is 44.5 Å². The highest BCUT2D eigenvalue weighted by Gasteiger charge is 2.31. The average molecular weight is 297 g/mol. The summed E-state index contributed by atoms with van der Waals surface area (Å²) in [6.07, 6.45) is -4.73. The first-order valence-electron chi connectivity index (χ1n) is 6.15. The van der Waals surface area contributed by atoms with Gasteiger partial charge in [-0.3, -0.25) is 0 Å². The van der Waals surface area contributed by atoms with Gasteiger partial charge in [-0.15, -0.1) is 13.2 Å². The van der Waals surface area contributed by atoms with Gasteiger partial charge < -0.3 is 15.2 Å². The molecule has 0 spiro atoms. The SMILES string of the molecule is COc1ccccc1C(N)c1cccc(OC(F)(F)F)c1. The van der Waals surface area contributed by atoms with Crippen molar-refractivity contribution in [2.75, 3.05) is 7.11 Å². The van der Waals surface area contributed by atoms with Gasteiger partial charge in [0, 0.05) is 5.56 Å². The van der Waals surface area contributed by atoms with Crippen LogP contribution < -0.4 is 15.2 Å². The van der Waals surface area contributed by atoms with E-state index in [1.807, 2.05) is 0 Å². The number of methoxy groups -OCH3 is 1. The van der Waals surface area contributed by atoms with Gasteiger partial charge in [0.15, 0.2) is 0 Å². The van der Waals surface area contributed by atoms with Crippen LogP contribution in [-0.2, 0) is 0 Å². The van der Waals surface area contributed by atoms with Crippen LogP contribution in [0.2, 0.25) is 0 Å². The zero-order valence-corrected chi connectivity index (χ0v) is 11.2. The Morgan fingerprint density at radius 1 is 1.05 bits per heavy atom. The van der Waals surface area contributed by atoms with Crippen molar-refractivity contribution in [1.82, 2.24) is 0 Å². The van der Waals surface area contributed by atoms with E-state index in [0.717, 1.165) is 0 Å². The molecule has 0 aliphatic heterocycles. The van der Waals surface area contributed by atoms with Crippen LogP contribution in [0.5, 0.6) is 11.5 Å². The fourth-order valence-electron chi connectivity index (χ4n) is 2.01. The van der Waals surface area contributed by atoms with Crippen molar-refractivity contribution in [1.29, 1.82) is 0 Å². The molecule has 2 rings (SSSR count). The quantitative estimate of drug-likeness (QED) is 0.937. The molecular weight excluding hydrogens is 283 g/mol. The number of para-hydroxylation sites is 1. The van der Waals surface area contributed by atoms with Crippen LogP contribution in [0, 0.1) is 0 Å². The van der Waals surface area contributed by atoms with E-state index >= 15 is 0 Å². The van der Waals surface area contributed by atoms with Crippen LogP contribution in [-0.4, -0.2) is 13.5 Å². The summed E-state index contributed by atoms with van der Waals surface area (Å²) in [7, 11) is 1.51. The molecule has 2 N–H and O–H groups in total. The van der Waals surface area contributed by atoms with Crippen LogP contribution in [0.15, 0.2) is 48.5 Å². The van der Waals surface area contributed by atoms with E-state index in [4.69, 9.17) is 10.5 Å². The smallest absolute Gasteiger partial charge is 0.496 e. The van der Waals surface area contributed by atoms with Crippen molar-refractivity contribution in [3.63, 3.8) is 0 Å². The Morgan fingerprint density at radius 3 is 2.43 bits per heavy atom. The number of hydrogen-bond acceptors (Lipinski definition) is 3. The molecule has 0 aromatic heterocycles. The van der Waals surface area contributed by atoms with Gasteiger partial charge in [0.1, 0.15) is 11.5 Å². The maximum absolute atomic E-state index is 12.2. The van der Waals surface area contributed by atoms with Gasteiger partial charge in [-0.1, -0.05) is 30.3 Å². The van der Waals surface area contributed by atoms with E-state index < -0.39 is 12.4 Å². The van der Waals surface area contributed by atoms with Gasteiger partial charge >= 0.3 is 6.36 Å². The number of ether oxygens (including phenoxy) is 2. The fraction of sp³-hybridized carbons (Fsp3) is 0.200. The van der Waals surface area contributed by atoms with Crippen molar-refractivity contribution >= 4 is 0 Å². The summed E-state index contributed by atoms with van der Waals surface area (Å²) in [4.78, 5) is 0. The lowest BCUT2D eigenvalue weighted by Gasteiger charge is -2.17. The molecular formula is C15H14F3NO2.